The summed E-state index contributed by atoms with van der Waals surface area (Å²) < 4.78 is 0. The SMILES string of the molecule is Clc1cc(Cl)c(NCc2ccc(Cl)c(Cl)c2)c(Cl)c1. The molecule has 100 valence electrons. The maximum Gasteiger partial charge on any atom is 0.0722 e. The Bertz CT molecular complexity index is 589. The minimum absolute atomic E-state index is 0.470. The average molecular weight is 355 g/mol. The smallest absolute Gasteiger partial charge is 0.0722 e. The fourth-order valence-electron chi connectivity index (χ4n) is 1.55. The van der Waals surface area contributed by atoms with Gasteiger partial charge in [0.25, 0.3) is 0 Å². The molecule has 19 heavy (non-hydrogen) atoms. The van der Waals surface area contributed by atoms with E-state index >= 15 is 0 Å². The average Bonchev–Trinajstić information content (AvgIpc) is 2.32. The highest BCUT2D eigenvalue weighted by atomic mass is 35.5. The van der Waals surface area contributed by atoms with Crippen LogP contribution in [0.15, 0.2) is 30.3 Å². The van der Waals surface area contributed by atoms with Crippen molar-refractivity contribution in [1.82, 2.24) is 0 Å². The lowest BCUT2D eigenvalue weighted by atomic mass is 10.2. The predicted molar refractivity (Wildman–Crippen MR) is 85.3 cm³/mol. The van der Waals surface area contributed by atoms with Gasteiger partial charge < -0.3 is 5.32 Å². The van der Waals surface area contributed by atoms with Gasteiger partial charge in [-0.05, 0) is 29.8 Å². The molecule has 1 N–H and O–H groups in total. The van der Waals surface area contributed by atoms with Crippen LogP contribution in [-0.4, -0.2) is 0 Å². The van der Waals surface area contributed by atoms with E-state index in [1.807, 2.05) is 6.07 Å². The molecule has 2 rings (SSSR count). The van der Waals surface area contributed by atoms with E-state index in [4.69, 9.17) is 58.0 Å². The molecule has 0 amide bonds. The van der Waals surface area contributed by atoms with E-state index in [1.165, 1.54) is 0 Å². The molecule has 2 aromatic rings. The van der Waals surface area contributed by atoms with Crippen molar-refractivity contribution in [3.8, 4) is 0 Å². The fraction of sp³-hybridized carbons (Fsp3) is 0.0769. The van der Waals surface area contributed by atoms with Crippen molar-refractivity contribution in [3.63, 3.8) is 0 Å². The second-order valence-corrected chi connectivity index (χ2v) is 5.91. The Kier molecular flexibility index (Phi) is 5.10. The van der Waals surface area contributed by atoms with Crippen LogP contribution in [0, 0.1) is 0 Å². The second kappa shape index (κ2) is 6.43. The molecule has 0 spiro atoms. The van der Waals surface area contributed by atoms with Crippen LogP contribution in [0.5, 0.6) is 0 Å². The van der Waals surface area contributed by atoms with Gasteiger partial charge in [0.1, 0.15) is 0 Å². The molecule has 1 nitrogen and oxygen atoms in total. The molecular weight excluding hydrogens is 347 g/mol. The number of benzene rings is 2. The zero-order chi connectivity index (χ0) is 14.0. The van der Waals surface area contributed by atoms with E-state index < -0.39 is 0 Å². The summed E-state index contributed by atoms with van der Waals surface area (Å²) in [5.74, 6) is 0. The zero-order valence-electron chi connectivity index (χ0n) is 9.48. The van der Waals surface area contributed by atoms with Gasteiger partial charge >= 0.3 is 0 Å². The van der Waals surface area contributed by atoms with Crippen LogP contribution in [0.1, 0.15) is 5.56 Å². The van der Waals surface area contributed by atoms with Gasteiger partial charge in [0.2, 0.25) is 0 Å². The van der Waals surface area contributed by atoms with Crippen molar-refractivity contribution >= 4 is 63.7 Å². The summed E-state index contributed by atoms with van der Waals surface area (Å²) in [6, 6.07) is 8.66. The maximum absolute atomic E-state index is 6.08. The first-order valence-corrected chi connectivity index (χ1v) is 7.18. The minimum Gasteiger partial charge on any atom is -0.379 e. The van der Waals surface area contributed by atoms with E-state index in [0.29, 0.717) is 37.3 Å². The lowest BCUT2D eigenvalue weighted by Gasteiger charge is -2.11. The molecule has 0 heterocycles. The number of anilines is 1. The largest absolute Gasteiger partial charge is 0.379 e. The van der Waals surface area contributed by atoms with Crippen molar-refractivity contribution in [3.05, 3.63) is 61.0 Å². The van der Waals surface area contributed by atoms with Gasteiger partial charge in [0.15, 0.2) is 0 Å². The summed E-state index contributed by atoms with van der Waals surface area (Å²) in [7, 11) is 0. The second-order valence-electron chi connectivity index (χ2n) is 3.85. The molecule has 0 atom stereocenters. The third-order valence-electron chi connectivity index (χ3n) is 2.46. The highest BCUT2D eigenvalue weighted by Gasteiger charge is 2.08. The van der Waals surface area contributed by atoms with Gasteiger partial charge in [-0.2, -0.15) is 0 Å². The van der Waals surface area contributed by atoms with E-state index in [2.05, 4.69) is 5.32 Å². The van der Waals surface area contributed by atoms with Crippen molar-refractivity contribution in [2.45, 2.75) is 6.54 Å². The standard InChI is InChI=1S/C13H8Cl5N/c14-8-4-11(17)13(12(18)5-8)19-6-7-1-2-9(15)10(16)3-7/h1-5,19H,6H2. The van der Waals surface area contributed by atoms with Crippen LogP contribution in [0.2, 0.25) is 25.1 Å². The zero-order valence-corrected chi connectivity index (χ0v) is 13.3. The van der Waals surface area contributed by atoms with E-state index in [1.54, 1.807) is 24.3 Å². The van der Waals surface area contributed by atoms with Crippen molar-refractivity contribution < 1.29 is 0 Å². The molecule has 0 fully saturated rings. The number of hydrogen-bond acceptors (Lipinski definition) is 1. The number of nitrogens with one attached hydrogen (secondary N) is 1. The number of rotatable bonds is 3. The minimum atomic E-state index is 0.470. The summed E-state index contributed by atoms with van der Waals surface area (Å²) in [6.45, 7) is 0.526. The van der Waals surface area contributed by atoms with Crippen LogP contribution in [-0.2, 0) is 6.54 Å². The molecule has 0 aliphatic rings. The number of hydrogen-bond donors (Lipinski definition) is 1. The summed E-state index contributed by atoms with van der Waals surface area (Å²) in [5, 5.41) is 5.61. The summed E-state index contributed by atoms with van der Waals surface area (Å²) in [4.78, 5) is 0. The van der Waals surface area contributed by atoms with E-state index in [9.17, 15) is 0 Å². The first-order valence-electron chi connectivity index (χ1n) is 5.29. The first kappa shape index (κ1) is 15.1. The molecule has 0 bridgehead atoms. The number of halogens is 5. The summed E-state index contributed by atoms with van der Waals surface area (Å²) in [5.41, 5.74) is 1.61. The van der Waals surface area contributed by atoms with Crippen LogP contribution in [0.4, 0.5) is 5.69 Å². The van der Waals surface area contributed by atoms with Gasteiger partial charge in [-0.3, -0.25) is 0 Å². The van der Waals surface area contributed by atoms with Crippen LogP contribution in [0.25, 0.3) is 0 Å². The quantitative estimate of drug-likeness (QED) is 0.657. The summed E-state index contributed by atoms with van der Waals surface area (Å²) >= 11 is 29.8. The Morgan fingerprint density at radius 2 is 1.37 bits per heavy atom. The Morgan fingerprint density at radius 3 is 1.95 bits per heavy atom. The Morgan fingerprint density at radius 1 is 0.737 bits per heavy atom. The third kappa shape index (κ3) is 3.84. The van der Waals surface area contributed by atoms with Crippen LogP contribution < -0.4 is 5.32 Å². The van der Waals surface area contributed by atoms with Gasteiger partial charge in [-0.25, -0.2) is 0 Å². The molecule has 0 unspecified atom stereocenters. The molecule has 0 radical (unpaired) electrons. The van der Waals surface area contributed by atoms with Crippen molar-refractivity contribution in [1.29, 1.82) is 0 Å². The van der Waals surface area contributed by atoms with Crippen LogP contribution in [0.3, 0.4) is 0 Å². The molecule has 0 saturated carbocycles. The van der Waals surface area contributed by atoms with E-state index in [0.717, 1.165) is 5.56 Å². The topological polar surface area (TPSA) is 12.0 Å². The van der Waals surface area contributed by atoms with Gasteiger partial charge in [0.05, 0.1) is 25.8 Å². The van der Waals surface area contributed by atoms with Gasteiger partial charge in [-0.15, -0.1) is 0 Å². The molecule has 6 heteroatoms. The monoisotopic (exact) mass is 353 g/mol. The third-order valence-corrected chi connectivity index (χ3v) is 4.01. The maximum atomic E-state index is 6.08. The van der Waals surface area contributed by atoms with Crippen LogP contribution >= 0.6 is 58.0 Å². The predicted octanol–water partition coefficient (Wildman–Crippen LogP) is 6.57. The lowest BCUT2D eigenvalue weighted by molar-refractivity contribution is 1.15. The Hall–Kier alpha value is -0.310. The normalized spacial score (nSPS) is 10.6. The highest BCUT2D eigenvalue weighted by molar-refractivity contribution is 6.42. The fourth-order valence-corrected chi connectivity index (χ4v) is 2.82. The molecule has 2 aromatic carbocycles. The molecule has 0 aromatic heterocycles. The first-order chi connectivity index (χ1) is 8.97. The van der Waals surface area contributed by atoms with E-state index in [-0.39, 0.29) is 0 Å². The summed E-state index contributed by atoms with van der Waals surface area (Å²) in [6.07, 6.45) is 0. The van der Waals surface area contributed by atoms with Gasteiger partial charge in [0, 0.05) is 11.6 Å². The van der Waals surface area contributed by atoms with Crippen molar-refractivity contribution in [2.24, 2.45) is 0 Å². The molecular formula is C13H8Cl5N. The van der Waals surface area contributed by atoms with Gasteiger partial charge in [-0.1, -0.05) is 64.1 Å². The highest BCUT2D eigenvalue weighted by Crippen LogP contribution is 2.34. The lowest BCUT2D eigenvalue weighted by Crippen LogP contribution is -2.00. The Labute approximate surface area is 136 Å². The molecule has 0 saturated heterocycles. The van der Waals surface area contributed by atoms with Crippen molar-refractivity contribution in [2.75, 3.05) is 5.32 Å². The molecule has 0 aliphatic heterocycles. The molecule has 0 aliphatic carbocycles. The Balaban J connectivity index is 2.16.